The fourth-order valence-electron chi connectivity index (χ4n) is 11.1. The smallest absolute Gasteiger partial charge is 0.323 e. The third-order valence-corrected chi connectivity index (χ3v) is 18.7. The minimum absolute atomic E-state index is 0.0545. The molecule has 13 aromatic rings. The van der Waals surface area contributed by atoms with Gasteiger partial charge in [0, 0.05) is 81.9 Å². The lowest BCUT2D eigenvalue weighted by Crippen LogP contribution is -2.28. The summed E-state index contributed by atoms with van der Waals surface area (Å²) in [5.41, 5.74) is 19.9. The molecule has 12 amide bonds. The minimum atomic E-state index is -3.52. The Labute approximate surface area is 753 Å². The van der Waals surface area contributed by atoms with E-state index in [1.54, 1.807) is 42.5 Å². The number of rotatable bonds is 19. The van der Waals surface area contributed by atoms with Gasteiger partial charge >= 0.3 is 30.2 Å². The lowest BCUT2D eigenvalue weighted by atomic mass is 10.0. The Bertz CT molecular complexity index is 5770. The van der Waals surface area contributed by atoms with Crippen molar-refractivity contribution < 1.29 is 46.7 Å². The number of urea groups is 5. The third-order valence-electron chi connectivity index (χ3n) is 17.8. The van der Waals surface area contributed by atoms with Crippen LogP contribution in [0, 0.1) is 62.3 Å². The number of carbonyl (C=O) groups is 7. The van der Waals surface area contributed by atoms with Crippen LogP contribution in [0.4, 0.5) is 80.8 Å². The van der Waals surface area contributed by atoms with Crippen LogP contribution >= 0.6 is 0 Å². The van der Waals surface area contributed by atoms with E-state index in [9.17, 15) is 42.0 Å². The molecule has 128 heavy (non-hydrogen) atoms. The Hall–Kier alpha value is -15.4. The van der Waals surface area contributed by atoms with Crippen molar-refractivity contribution in [2.45, 2.75) is 107 Å². The highest BCUT2D eigenvalue weighted by Crippen LogP contribution is 2.25. The second-order valence-electron chi connectivity index (χ2n) is 29.5. The first-order chi connectivity index (χ1) is 61.3. The van der Waals surface area contributed by atoms with E-state index in [4.69, 9.17) is 9.88 Å². The average molecular weight is 1740 g/mol. The van der Waals surface area contributed by atoms with Crippen LogP contribution in [0.1, 0.15) is 106 Å². The number of benzene rings is 13. The normalized spacial score (nSPS) is 9.96. The number of hydrogen-bond donors (Lipinski definition) is 13. The van der Waals surface area contributed by atoms with Gasteiger partial charge in [-0.05, 0) is 278 Å². The van der Waals surface area contributed by atoms with E-state index in [0.29, 0.717) is 42.4 Å². The van der Waals surface area contributed by atoms with Crippen LogP contribution in [-0.2, 0) is 14.8 Å². The highest BCUT2D eigenvalue weighted by molar-refractivity contribution is 7.89. The number of anilines is 10. The molecule has 13 aromatic carbocycles. The van der Waals surface area contributed by atoms with E-state index >= 15 is 0 Å². The molecule has 0 radical (unpaired) electrons. The monoisotopic (exact) mass is 1740 g/mol. The number of hydrogen-bond acceptors (Lipinski definition) is 10. The zero-order chi connectivity index (χ0) is 93.2. The summed E-state index contributed by atoms with van der Waals surface area (Å²) in [6.45, 7) is 30.4. The lowest BCUT2D eigenvalue weighted by molar-refractivity contribution is -0.115. The summed E-state index contributed by atoms with van der Waals surface area (Å²) in [5.74, 6) is 1.95. The fourth-order valence-corrected chi connectivity index (χ4v) is 11.6. The number of carbonyl (C=O) groups excluding carboxylic acids is 7. The van der Waals surface area contributed by atoms with Crippen molar-refractivity contribution in [3.63, 3.8) is 0 Å². The summed E-state index contributed by atoms with van der Waals surface area (Å²) in [5, 5.41) is 38.1. The van der Waals surface area contributed by atoms with Crippen molar-refractivity contribution in [2.75, 3.05) is 66.3 Å². The van der Waals surface area contributed by atoms with Gasteiger partial charge in [0.25, 0.3) is 5.91 Å². The van der Waals surface area contributed by atoms with Crippen molar-refractivity contribution in [3.05, 3.63) is 401 Å². The molecule has 0 fully saturated rings. The Morgan fingerprint density at radius 2 is 0.664 bits per heavy atom. The Morgan fingerprint density at radius 3 is 1.04 bits per heavy atom. The molecular weight excluding hydrogens is 1620 g/mol. The number of sulfonamides is 1. The fraction of sp³-hybridized carbons (Fsp3) is 0.163. The highest BCUT2D eigenvalue weighted by atomic mass is 32.2. The molecule has 0 atom stereocenters. The summed E-state index contributed by atoms with van der Waals surface area (Å²) in [4.78, 5) is 80.9. The molecule has 0 saturated carbocycles. The summed E-state index contributed by atoms with van der Waals surface area (Å²) in [7, 11) is -3.52. The second kappa shape index (κ2) is 55.0. The largest absolute Gasteiger partial charge is 0.457 e. The van der Waals surface area contributed by atoms with Gasteiger partial charge < -0.3 is 68.5 Å². The van der Waals surface area contributed by atoms with E-state index in [0.717, 1.165) is 95.9 Å². The first kappa shape index (κ1) is 101. The van der Waals surface area contributed by atoms with Gasteiger partial charge in [-0.3, -0.25) is 9.59 Å². The number of nitrogens with one attached hydrogen (secondary N) is 12. The van der Waals surface area contributed by atoms with Crippen LogP contribution in [0.3, 0.4) is 0 Å². The van der Waals surface area contributed by atoms with Crippen LogP contribution in [0.15, 0.2) is 345 Å². The van der Waals surface area contributed by atoms with Crippen LogP contribution in [0.5, 0.6) is 11.5 Å². The molecule has 0 aromatic heterocycles. The van der Waals surface area contributed by atoms with Crippen molar-refractivity contribution >= 4 is 109 Å². The van der Waals surface area contributed by atoms with Crippen LogP contribution < -0.4 is 73.7 Å². The van der Waals surface area contributed by atoms with Gasteiger partial charge in [0.15, 0.2) is 0 Å². The van der Waals surface area contributed by atoms with Crippen molar-refractivity contribution in [2.24, 2.45) is 5.14 Å². The van der Waals surface area contributed by atoms with Crippen molar-refractivity contribution in [1.29, 1.82) is 0 Å². The van der Waals surface area contributed by atoms with Crippen LogP contribution in [-0.4, -0.2) is 63.5 Å². The zero-order valence-electron chi connectivity index (χ0n) is 74.7. The maximum absolute atomic E-state index is 12.0. The van der Waals surface area contributed by atoms with Gasteiger partial charge in [-0.15, -0.1) is 6.58 Å². The Kier molecular flexibility index (Phi) is 43.5. The number of amides is 12. The number of para-hydroxylation sites is 2. The van der Waals surface area contributed by atoms with E-state index in [1.807, 2.05) is 355 Å². The van der Waals surface area contributed by atoms with E-state index in [1.165, 1.54) is 28.8 Å². The standard InChI is InChI=1S/C20H18N2O2.C17H20N2O.C15H16N2O.C14H13NO.C11H14N2O.C10H14N2O.C10H13NO.C7H9NO2S/c1-15-6-5-7-17(14-15)22-20(23)21-16-10-12-19(13-11-16)24-18-8-3-2-4-9-18;1-12(2)14-7-9-15(10-8-14)18-17(20)19-16-6-4-5-13(3)11-16;1-11-6-5-8-13(10-11)16-15(18)17-14-9-4-3-7-12(14)2;1-11-7-9-13(10-8-11)15-14(16)12-5-3-2-4-6-12;1-3-7-12-11(14)13-10-6-4-5-9(2)8-10;1-3-11-10(13)12-9-6-4-5-8(2)7-9;1-3-10(12)11-9-6-4-8(2)5-7-9;1-6-2-4-7(5-3-6)11(8,9)10/h2-14H,1H3,(H2,21,22,23);4-12H,1-3H3,(H2,18,19,20);3-10H,1-2H3,(H2,16,17,18);2-10H,1H3,(H,15,16);3-6,8H,1,7H2,2H3,(H2,12,13,14);4-7H,3H2,1-2H3,(H2,11,12,13);4-7H,3H2,1-2H3,(H,11,12);2-5H,1H3,(H2,8,9,10). The number of primary sulfonamides is 1. The molecule has 664 valence electrons. The SMILES string of the molecule is C=CCNC(=O)Nc1cccc(C)c1.CCC(=O)Nc1ccc(C)cc1.CCNC(=O)Nc1cccc(C)c1.Cc1ccc(NC(=O)c2ccccc2)cc1.Cc1ccc(S(N)(=O)=O)cc1.Cc1cccc(NC(=O)Nc2ccc(C(C)C)cc2)c1.Cc1cccc(NC(=O)Nc2ccc(Oc3ccccc3)cc2)c1.Cc1cccc(NC(=O)Nc2ccccc2C)c1. The first-order valence-corrected chi connectivity index (χ1v) is 43.0. The molecule has 0 aliphatic rings. The quantitative estimate of drug-likeness (QED) is 0.0339. The predicted molar refractivity (Wildman–Crippen MR) is 527 cm³/mol. The average Bonchev–Trinajstić information content (AvgIpc) is 0.880. The van der Waals surface area contributed by atoms with Crippen LogP contribution in [0.2, 0.25) is 0 Å². The molecule has 0 unspecified atom stereocenters. The maximum Gasteiger partial charge on any atom is 0.323 e. The Balaban J connectivity index is 0.000000228. The summed E-state index contributed by atoms with van der Waals surface area (Å²) in [6, 6.07) is 101. The van der Waals surface area contributed by atoms with Gasteiger partial charge in [-0.1, -0.05) is 207 Å². The molecule has 23 nitrogen and oxygen atoms in total. The molecule has 0 aliphatic carbocycles. The predicted octanol–water partition coefficient (Wildman–Crippen LogP) is 24.8. The minimum Gasteiger partial charge on any atom is -0.457 e. The molecule has 0 spiro atoms. The van der Waals surface area contributed by atoms with Crippen molar-refractivity contribution in [1.82, 2.24) is 10.6 Å². The molecule has 0 aliphatic heterocycles. The lowest BCUT2D eigenvalue weighted by Gasteiger charge is -2.10. The van der Waals surface area contributed by atoms with E-state index in [2.05, 4.69) is 84.2 Å². The van der Waals surface area contributed by atoms with Gasteiger partial charge in [0.1, 0.15) is 11.5 Å². The van der Waals surface area contributed by atoms with Gasteiger partial charge in [-0.2, -0.15) is 0 Å². The molecule has 0 bridgehead atoms. The van der Waals surface area contributed by atoms with Crippen LogP contribution in [0.25, 0.3) is 0 Å². The second-order valence-corrected chi connectivity index (χ2v) is 31.1. The first-order valence-electron chi connectivity index (χ1n) is 41.5. The molecule has 24 heteroatoms. The molecule has 0 saturated heterocycles. The van der Waals surface area contributed by atoms with Gasteiger partial charge in [0.2, 0.25) is 15.9 Å². The highest BCUT2D eigenvalue weighted by Gasteiger charge is 2.11. The number of aryl methyl sites for hydroxylation is 9. The maximum atomic E-state index is 12.0. The summed E-state index contributed by atoms with van der Waals surface area (Å²) in [6.07, 6.45) is 2.16. The van der Waals surface area contributed by atoms with Gasteiger partial charge in [0.05, 0.1) is 4.90 Å². The molecular formula is C104H117N13O10S. The summed E-state index contributed by atoms with van der Waals surface area (Å²) < 4.78 is 27.2. The summed E-state index contributed by atoms with van der Waals surface area (Å²) >= 11 is 0. The topological polar surface area (TPSA) is 333 Å². The molecule has 13 rings (SSSR count). The molecule has 14 N–H and O–H groups in total. The van der Waals surface area contributed by atoms with Gasteiger partial charge in [-0.25, -0.2) is 37.5 Å². The zero-order valence-corrected chi connectivity index (χ0v) is 75.5. The third kappa shape index (κ3) is 41.6. The van der Waals surface area contributed by atoms with E-state index in [-0.39, 0.29) is 46.9 Å². The molecule has 0 heterocycles. The van der Waals surface area contributed by atoms with E-state index < -0.39 is 10.0 Å². The number of ether oxygens (including phenoxy) is 1. The van der Waals surface area contributed by atoms with Crippen molar-refractivity contribution in [3.8, 4) is 11.5 Å². The Morgan fingerprint density at radius 1 is 0.336 bits per heavy atom. The number of nitrogens with two attached hydrogens (primary N) is 1.